The Morgan fingerprint density at radius 3 is 2.47 bits per heavy atom. The maximum absolute atomic E-state index is 4.77. The molecular formula is C16H23N3. The van der Waals surface area contributed by atoms with Gasteiger partial charge in [-0.3, -0.25) is 4.98 Å². The summed E-state index contributed by atoms with van der Waals surface area (Å²) in [5, 5.41) is 3.59. The van der Waals surface area contributed by atoms with Crippen LogP contribution in [0.2, 0.25) is 0 Å². The first kappa shape index (κ1) is 13.9. The van der Waals surface area contributed by atoms with Crippen molar-refractivity contribution in [3.8, 4) is 0 Å². The molecule has 19 heavy (non-hydrogen) atoms. The molecule has 0 amide bonds. The van der Waals surface area contributed by atoms with Gasteiger partial charge < -0.3 is 5.32 Å². The quantitative estimate of drug-likeness (QED) is 0.907. The van der Waals surface area contributed by atoms with E-state index >= 15 is 0 Å². The lowest BCUT2D eigenvalue weighted by atomic mass is 9.84. The number of fused-ring (bicyclic) bond motifs is 1. The second-order valence-electron chi connectivity index (χ2n) is 6.04. The van der Waals surface area contributed by atoms with Crippen LogP contribution in [0.3, 0.4) is 0 Å². The summed E-state index contributed by atoms with van der Waals surface area (Å²) in [6.07, 6.45) is 3.02. The van der Waals surface area contributed by atoms with Crippen molar-refractivity contribution in [2.75, 3.05) is 6.54 Å². The molecule has 0 bridgehead atoms. The molecule has 0 aliphatic carbocycles. The zero-order chi connectivity index (χ0) is 13.9. The first-order chi connectivity index (χ1) is 9.02. The molecule has 0 radical (unpaired) electrons. The van der Waals surface area contributed by atoms with Crippen molar-refractivity contribution in [1.29, 1.82) is 0 Å². The van der Waals surface area contributed by atoms with E-state index in [0.717, 1.165) is 29.7 Å². The fraction of sp³-hybridized carbons (Fsp3) is 0.500. The number of hydrogen-bond acceptors (Lipinski definition) is 3. The number of nitrogens with one attached hydrogen (secondary N) is 1. The van der Waals surface area contributed by atoms with E-state index in [-0.39, 0.29) is 11.5 Å². The van der Waals surface area contributed by atoms with Gasteiger partial charge in [-0.15, -0.1) is 0 Å². The van der Waals surface area contributed by atoms with Crippen LogP contribution in [0.1, 0.15) is 45.9 Å². The molecule has 102 valence electrons. The average Bonchev–Trinajstić information content (AvgIpc) is 2.37. The van der Waals surface area contributed by atoms with E-state index in [9.17, 15) is 0 Å². The number of para-hydroxylation sites is 2. The number of aromatic nitrogens is 2. The molecular weight excluding hydrogens is 234 g/mol. The van der Waals surface area contributed by atoms with Gasteiger partial charge in [0.1, 0.15) is 0 Å². The largest absolute Gasteiger partial charge is 0.308 e. The second kappa shape index (κ2) is 5.66. The predicted molar refractivity (Wildman–Crippen MR) is 80.0 cm³/mol. The highest BCUT2D eigenvalue weighted by Crippen LogP contribution is 2.31. The van der Waals surface area contributed by atoms with Crippen molar-refractivity contribution in [2.45, 2.75) is 40.2 Å². The Labute approximate surface area is 115 Å². The van der Waals surface area contributed by atoms with Crippen molar-refractivity contribution in [1.82, 2.24) is 15.3 Å². The Bertz CT molecular complexity index is 543. The fourth-order valence-corrected chi connectivity index (χ4v) is 2.25. The van der Waals surface area contributed by atoms with Gasteiger partial charge in [0.25, 0.3) is 0 Å². The minimum Gasteiger partial charge on any atom is -0.308 e. The van der Waals surface area contributed by atoms with E-state index in [4.69, 9.17) is 4.98 Å². The Balaban J connectivity index is 2.38. The smallest absolute Gasteiger partial charge is 0.0890 e. The predicted octanol–water partition coefficient (Wildman–Crippen LogP) is 3.72. The molecule has 1 aromatic carbocycles. The second-order valence-corrected chi connectivity index (χ2v) is 6.04. The maximum Gasteiger partial charge on any atom is 0.0890 e. The third-order valence-corrected chi connectivity index (χ3v) is 3.23. The molecule has 0 saturated carbocycles. The fourth-order valence-electron chi connectivity index (χ4n) is 2.25. The van der Waals surface area contributed by atoms with Gasteiger partial charge in [0, 0.05) is 0 Å². The van der Waals surface area contributed by atoms with E-state index < -0.39 is 0 Å². The summed E-state index contributed by atoms with van der Waals surface area (Å²) in [7, 11) is 0. The lowest BCUT2D eigenvalue weighted by molar-refractivity contribution is 0.268. The molecule has 1 heterocycles. The first-order valence-electron chi connectivity index (χ1n) is 6.97. The molecule has 3 heteroatoms. The van der Waals surface area contributed by atoms with Crippen LogP contribution in [0.4, 0.5) is 0 Å². The van der Waals surface area contributed by atoms with Gasteiger partial charge in [0.05, 0.1) is 29.0 Å². The van der Waals surface area contributed by atoms with E-state index in [0.29, 0.717) is 0 Å². The minimum atomic E-state index is 0.117. The van der Waals surface area contributed by atoms with Crippen molar-refractivity contribution < 1.29 is 0 Å². The normalized spacial score (nSPS) is 13.7. The monoisotopic (exact) mass is 257 g/mol. The highest BCUT2D eigenvalue weighted by Gasteiger charge is 2.27. The Kier molecular flexibility index (Phi) is 4.15. The Morgan fingerprint density at radius 2 is 1.84 bits per heavy atom. The van der Waals surface area contributed by atoms with Crippen molar-refractivity contribution >= 4 is 11.0 Å². The van der Waals surface area contributed by atoms with E-state index in [1.165, 1.54) is 0 Å². The molecule has 1 N–H and O–H groups in total. The highest BCUT2D eigenvalue weighted by atomic mass is 15.0. The van der Waals surface area contributed by atoms with Crippen LogP contribution in [-0.2, 0) is 0 Å². The minimum absolute atomic E-state index is 0.117. The molecule has 0 aliphatic rings. The van der Waals surface area contributed by atoms with Crippen molar-refractivity contribution in [3.05, 3.63) is 36.2 Å². The van der Waals surface area contributed by atoms with Crippen LogP contribution >= 0.6 is 0 Å². The number of hydrogen-bond donors (Lipinski definition) is 1. The molecule has 0 spiro atoms. The van der Waals surface area contributed by atoms with Gasteiger partial charge in [-0.25, -0.2) is 4.98 Å². The zero-order valence-electron chi connectivity index (χ0n) is 12.3. The van der Waals surface area contributed by atoms with Crippen molar-refractivity contribution in [3.63, 3.8) is 0 Å². The van der Waals surface area contributed by atoms with Crippen LogP contribution in [0.5, 0.6) is 0 Å². The van der Waals surface area contributed by atoms with Crippen LogP contribution in [0.25, 0.3) is 11.0 Å². The van der Waals surface area contributed by atoms with Crippen LogP contribution in [-0.4, -0.2) is 16.5 Å². The van der Waals surface area contributed by atoms with Crippen molar-refractivity contribution in [2.24, 2.45) is 5.41 Å². The lowest BCUT2D eigenvalue weighted by Crippen LogP contribution is -2.33. The van der Waals surface area contributed by atoms with Gasteiger partial charge >= 0.3 is 0 Å². The van der Waals surface area contributed by atoms with Crippen LogP contribution in [0.15, 0.2) is 30.5 Å². The molecule has 0 fully saturated rings. The van der Waals surface area contributed by atoms with Gasteiger partial charge in [-0.2, -0.15) is 0 Å². The van der Waals surface area contributed by atoms with Gasteiger partial charge in [-0.05, 0) is 30.5 Å². The molecule has 3 nitrogen and oxygen atoms in total. The first-order valence-corrected chi connectivity index (χ1v) is 6.97. The summed E-state index contributed by atoms with van der Waals surface area (Å²) in [6.45, 7) is 9.88. The van der Waals surface area contributed by atoms with Gasteiger partial charge in [0.15, 0.2) is 0 Å². The van der Waals surface area contributed by atoms with Crippen LogP contribution < -0.4 is 5.32 Å². The average molecular weight is 257 g/mol. The van der Waals surface area contributed by atoms with E-state index in [2.05, 4.69) is 38.0 Å². The molecule has 0 aliphatic heterocycles. The maximum atomic E-state index is 4.77. The number of nitrogens with zero attached hydrogens (tertiary/aromatic N) is 2. The van der Waals surface area contributed by atoms with Crippen LogP contribution in [0, 0.1) is 5.41 Å². The number of benzene rings is 1. The molecule has 1 atom stereocenters. The van der Waals surface area contributed by atoms with Gasteiger partial charge in [0.2, 0.25) is 0 Å². The molecule has 1 unspecified atom stereocenters. The topological polar surface area (TPSA) is 37.8 Å². The Morgan fingerprint density at radius 1 is 1.16 bits per heavy atom. The van der Waals surface area contributed by atoms with E-state index in [1.807, 2.05) is 30.5 Å². The highest BCUT2D eigenvalue weighted by molar-refractivity contribution is 5.73. The Hall–Kier alpha value is -1.48. The third kappa shape index (κ3) is 3.29. The standard InChI is InChI=1S/C16H23N3/c1-5-10-17-15(16(2,3)4)14-11-18-12-8-6-7-9-13(12)19-14/h6-9,11,15,17H,5,10H2,1-4H3. The third-order valence-electron chi connectivity index (χ3n) is 3.23. The summed E-state index contributed by atoms with van der Waals surface area (Å²) in [5.41, 5.74) is 3.06. The molecule has 2 aromatic rings. The SMILES string of the molecule is CCCNC(c1cnc2ccccc2n1)C(C)(C)C. The number of rotatable bonds is 4. The summed E-state index contributed by atoms with van der Waals surface area (Å²) < 4.78 is 0. The van der Waals surface area contributed by atoms with E-state index in [1.54, 1.807) is 0 Å². The summed E-state index contributed by atoms with van der Waals surface area (Å²) in [4.78, 5) is 9.29. The molecule has 2 rings (SSSR count). The lowest BCUT2D eigenvalue weighted by Gasteiger charge is -2.31. The molecule has 1 aromatic heterocycles. The molecule has 0 saturated heterocycles. The summed E-state index contributed by atoms with van der Waals surface area (Å²) >= 11 is 0. The summed E-state index contributed by atoms with van der Waals surface area (Å²) in [5.74, 6) is 0. The summed E-state index contributed by atoms with van der Waals surface area (Å²) in [6, 6.07) is 8.24. The zero-order valence-corrected chi connectivity index (χ0v) is 12.3. The van der Waals surface area contributed by atoms with Gasteiger partial charge in [-0.1, -0.05) is 39.8 Å².